The van der Waals surface area contributed by atoms with Gasteiger partial charge in [-0.1, -0.05) is 29.8 Å². The monoisotopic (exact) mass is 350 g/mol. The number of anilines is 1. The van der Waals surface area contributed by atoms with Crippen LogP contribution in [0.1, 0.15) is 11.1 Å². The van der Waals surface area contributed by atoms with E-state index >= 15 is 0 Å². The molecule has 0 spiro atoms. The fourth-order valence-electron chi connectivity index (χ4n) is 2.10. The van der Waals surface area contributed by atoms with Crippen LogP contribution in [0.2, 0.25) is 0 Å². The Kier molecular flexibility index (Phi) is 5.56. The Morgan fingerprint density at radius 1 is 1.08 bits per heavy atom. The van der Waals surface area contributed by atoms with Gasteiger partial charge in [-0.05, 0) is 36.8 Å². The van der Waals surface area contributed by atoms with Crippen LogP contribution < -0.4 is 9.62 Å². The predicted octanol–water partition coefficient (Wildman–Crippen LogP) is 2.22. The number of hydrogen-bond donors (Lipinski definition) is 1. The first kappa shape index (κ1) is 17.9. The van der Waals surface area contributed by atoms with Crippen LogP contribution in [0.4, 0.5) is 10.1 Å². The molecule has 1 amide bonds. The van der Waals surface area contributed by atoms with Gasteiger partial charge in [0, 0.05) is 6.54 Å². The highest BCUT2D eigenvalue weighted by Gasteiger charge is 2.20. The number of nitrogens with one attached hydrogen (secondary N) is 1. The summed E-state index contributed by atoms with van der Waals surface area (Å²) in [5.74, 6) is -0.793. The zero-order valence-corrected chi connectivity index (χ0v) is 14.3. The molecule has 0 aliphatic carbocycles. The number of halogens is 1. The van der Waals surface area contributed by atoms with Crippen LogP contribution in [-0.4, -0.2) is 27.1 Å². The van der Waals surface area contributed by atoms with Crippen molar-refractivity contribution in [3.8, 4) is 0 Å². The zero-order valence-electron chi connectivity index (χ0n) is 13.5. The topological polar surface area (TPSA) is 66.5 Å². The van der Waals surface area contributed by atoms with Crippen LogP contribution in [0.25, 0.3) is 0 Å². The molecule has 0 heterocycles. The molecule has 0 bridgehead atoms. The Morgan fingerprint density at radius 3 is 2.21 bits per heavy atom. The maximum absolute atomic E-state index is 12.8. The zero-order chi connectivity index (χ0) is 17.7. The summed E-state index contributed by atoms with van der Waals surface area (Å²) in [6, 6.07) is 12.6. The van der Waals surface area contributed by atoms with Gasteiger partial charge in [0.05, 0.1) is 11.9 Å². The highest BCUT2D eigenvalue weighted by Crippen LogP contribution is 2.17. The third kappa shape index (κ3) is 5.06. The molecule has 0 aliphatic heterocycles. The molecule has 0 saturated heterocycles. The number of carbonyl (C=O) groups excluding carboxylic acids is 1. The molecule has 7 heteroatoms. The molecule has 24 heavy (non-hydrogen) atoms. The molecular weight excluding hydrogens is 331 g/mol. The van der Waals surface area contributed by atoms with Crippen molar-refractivity contribution in [2.24, 2.45) is 0 Å². The second kappa shape index (κ2) is 7.44. The highest BCUT2D eigenvalue weighted by atomic mass is 32.2. The molecule has 128 valence electrons. The molecule has 0 atom stereocenters. The number of amides is 1. The molecule has 0 radical (unpaired) electrons. The van der Waals surface area contributed by atoms with Crippen molar-refractivity contribution in [1.29, 1.82) is 0 Å². The lowest BCUT2D eigenvalue weighted by atomic mass is 10.2. The van der Waals surface area contributed by atoms with E-state index in [-0.39, 0.29) is 18.9 Å². The van der Waals surface area contributed by atoms with Gasteiger partial charge in [-0.25, -0.2) is 12.8 Å². The molecule has 0 saturated carbocycles. The minimum atomic E-state index is -3.59. The van der Waals surface area contributed by atoms with Crippen LogP contribution in [0.15, 0.2) is 48.5 Å². The van der Waals surface area contributed by atoms with Crippen molar-refractivity contribution in [2.45, 2.75) is 13.5 Å². The van der Waals surface area contributed by atoms with E-state index in [1.54, 1.807) is 36.4 Å². The predicted molar refractivity (Wildman–Crippen MR) is 91.6 cm³/mol. The quantitative estimate of drug-likeness (QED) is 0.869. The summed E-state index contributed by atoms with van der Waals surface area (Å²) >= 11 is 0. The summed E-state index contributed by atoms with van der Waals surface area (Å²) in [7, 11) is -3.59. The van der Waals surface area contributed by atoms with E-state index < -0.39 is 15.9 Å². The standard InChI is InChI=1S/C17H19FN2O3S/c1-13-3-9-16(10-4-13)20(24(2,22)23)12-17(21)19-11-14-5-7-15(18)8-6-14/h3-10H,11-12H2,1-2H3,(H,19,21). The Hall–Kier alpha value is -2.41. The van der Waals surface area contributed by atoms with Crippen LogP contribution in [0, 0.1) is 12.7 Å². The van der Waals surface area contributed by atoms with Gasteiger partial charge in [0.2, 0.25) is 15.9 Å². The number of nitrogens with zero attached hydrogens (tertiary/aromatic N) is 1. The smallest absolute Gasteiger partial charge is 0.241 e. The first-order valence-electron chi connectivity index (χ1n) is 7.31. The van der Waals surface area contributed by atoms with Gasteiger partial charge >= 0.3 is 0 Å². The summed E-state index contributed by atoms with van der Waals surface area (Å²) in [5, 5.41) is 2.63. The lowest BCUT2D eigenvalue weighted by Gasteiger charge is -2.22. The minimum absolute atomic E-state index is 0.199. The average molecular weight is 350 g/mol. The Bertz CT molecular complexity index is 803. The summed E-state index contributed by atoms with van der Waals surface area (Å²) in [5.41, 5.74) is 2.15. The van der Waals surface area contributed by atoms with Gasteiger partial charge in [0.1, 0.15) is 12.4 Å². The van der Waals surface area contributed by atoms with Crippen molar-refractivity contribution >= 4 is 21.6 Å². The number of benzene rings is 2. The SMILES string of the molecule is Cc1ccc(N(CC(=O)NCc2ccc(F)cc2)S(C)(=O)=O)cc1. The van der Waals surface area contributed by atoms with E-state index in [1.165, 1.54) is 12.1 Å². The lowest BCUT2D eigenvalue weighted by molar-refractivity contribution is -0.119. The Balaban J connectivity index is 2.05. The molecule has 5 nitrogen and oxygen atoms in total. The van der Waals surface area contributed by atoms with Crippen molar-refractivity contribution in [1.82, 2.24) is 5.32 Å². The van der Waals surface area contributed by atoms with E-state index in [4.69, 9.17) is 0 Å². The lowest BCUT2D eigenvalue weighted by Crippen LogP contribution is -2.40. The number of sulfonamides is 1. The second-order valence-electron chi connectivity index (χ2n) is 5.51. The van der Waals surface area contributed by atoms with E-state index in [0.29, 0.717) is 5.69 Å². The first-order chi connectivity index (χ1) is 11.3. The number of aryl methyl sites for hydroxylation is 1. The summed E-state index contributed by atoms with van der Waals surface area (Å²) < 4.78 is 37.8. The molecule has 0 aromatic heterocycles. The number of rotatable bonds is 6. The third-order valence-electron chi connectivity index (χ3n) is 3.41. The van der Waals surface area contributed by atoms with Gasteiger partial charge in [-0.2, -0.15) is 0 Å². The third-order valence-corrected chi connectivity index (χ3v) is 4.55. The van der Waals surface area contributed by atoms with Gasteiger partial charge in [-0.15, -0.1) is 0 Å². The van der Waals surface area contributed by atoms with E-state index in [1.807, 2.05) is 6.92 Å². The van der Waals surface area contributed by atoms with Crippen molar-refractivity contribution in [3.05, 3.63) is 65.5 Å². The normalized spacial score (nSPS) is 11.1. The first-order valence-corrected chi connectivity index (χ1v) is 9.16. The fourth-order valence-corrected chi connectivity index (χ4v) is 2.96. The highest BCUT2D eigenvalue weighted by molar-refractivity contribution is 7.92. The maximum atomic E-state index is 12.8. The summed E-state index contributed by atoms with van der Waals surface area (Å²) in [4.78, 5) is 12.1. The fraction of sp³-hybridized carbons (Fsp3) is 0.235. The van der Waals surface area contributed by atoms with Crippen molar-refractivity contribution in [3.63, 3.8) is 0 Å². The van der Waals surface area contributed by atoms with Crippen LogP contribution >= 0.6 is 0 Å². The largest absolute Gasteiger partial charge is 0.350 e. The summed E-state index contributed by atoms with van der Waals surface area (Å²) in [6.07, 6.45) is 1.06. The van der Waals surface area contributed by atoms with E-state index in [9.17, 15) is 17.6 Å². The van der Waals surface area contributed by atoms with Gasteiger partial charge in [0.15, 0.2) is 0 Å². The minimum Gasteiger partial charge on any atom is -0.350 e. The molecular formula is C17H19FN2O3S. The van der Waals surface area contributed by atoms with Gasteiger partial charge < -0.3 is 5.32 Å². The summed E-state index contributed by atoms with van der Waals surface area (Å²) in [6.45, 7) is 1.78. The van der Waals surface area contributed by atoms with E-state index in [0.717, 1.165) is 21.7 Å². The molecule has 2 aromatic carbocycles. The molecule has 0 unspecified atom stereocenters. The maximum Gasteiger partial charge on any atom is 0.241 e. The molecule has 1 N–H and O–H groups in total. The average Bonchev–Trinajstić information content (AvgIpc) is 2.52. The Morgan fingerprint density at radius 2 is 1.67 bits per heavy atom. The second-order valence-corrected chi connectivity index (χ2v) is 7.42. The molecule has 0 fully saturated rings. The van der Waals surface area contributed by atoms with Gasteiger partial charge in [0.25, 0.3) is 0 Å². The van der Waals surface area contributed by atoms with E-state index in [2.05, 4.69) is 5.32 Å². The Labute approximate surface area is 141 Å². The van der Waals surface area contributed by atoms with Crippen LogP contribution in [-0.2, 0) is 21.4 Å². The molecule has 2 rings (SSSR count). The van der Waals surface area contributed by atoms with Crippen molar-refractivity contribution < 1.29 is 17.6 Å². The number of carbonyl (C=O) groups is 1. The van der Waals surface area contributed by atoms with Crippen molar-refractivity contribution in [2.75, 3.05) is 17.1 Å². The number of hydrogen-bond acceptors (Lipinski definition) is 3. The van der Waals surface area contributed by atoms with Crippen LogP contribution in [0.3, 0.4) is 0 Å². The van der Waals surface area contributed by atoms with Crippen LogP contribution in [0.5, 0.6) is 0 Å². The molecule has 2 aromatic rings. The van der Waals surface area contributed by atoms with Gasteiger partial charge in [-0.3, -0.25) is 9.10 Å². The molecule has 0 aliphatic rings.